The molecule has 4 rings (SSSR count). The molecule has 1 aliphatic carbocycles. The first kappa shape index (κ1) is 21.6. The molecule has 2 fully saturated rings. The van der Waals surface area contributed by atoms with Crippen LogP contribution in [-0.2, 0) is 6.18 Å². The van der Waals surface area contributed by atoms with Crippen molar-refractivity contribution in [1.82, 2.24) is 20.0 Å². The van der Waals surface area contributed by atoms with Crippen molar-refractivity contribution in [3.8, 4) is 5.69 Å². The summed E-state index contributed by atoms with van der Waals surface area (Å²) in [5, 5.41) is 7.45. The van der Waals surface area contributed by atoms with Gasteiger partial charge in [-0.3, -0.25) is 4.79 Å². The first-order chi connectivity index (χ1) is 13.4. The summed E-state index contributed by atoms with van der Waals surface area (Å²) in [7, 11) is 1.90. The minimum absolute atomic E-state index is 0. The Hall–Kier alpha value is -2.06. The number of hydrogen-bond donors (Lipinski definition) is 1. The van der Waals surface area contributed by atoms with E-state index in [0.717, 1.165) is 43.6 Å². The second kappa shape index (κ2) is 8.36. The molecule has 158 valence electrons. The average Bonchev–Trinajstić information content (AvgIpc) is 3.23. The highest BCUT2D eigenvalue weighted by Crippen LogP contribution is 2.43. The first-order valence-electron chi connectivity index (χ1n) is 9.58. The maximum absolute atomic E-state index is 13.1. The molecule has 29 heavy (non-hydrogen) atoms. The summed E-state index contributed by atoms with van der Waals surface area (Å²) in [6.07, 6.45) is -0.102. The Morgan fingerprint density at radius 1 is 1.28 bits per heavy atom. The third-order valence-electron chi connectivity index (χ3n) is 5.48. The zero-order chi connectivity index (χ0) is 19.9. The molecule has 2 aliphatic rings. The summed E-state index contributed by atoms with van der Waals surface area (Å²) in [5.74, 6) is 0.530. The van der Waals surface area contributed by atoms with Crippen molar-refractivity contribution in [2.45, 2.75) is 31.4 Å². The Labute approximate surface area is 173 Å². The summed E-state index contributed by atoms with van der Waals surface area (Å²) in [4.78, 5) is 14.9. The number of amides is 1. The molecular formula is C20H24ClF3N4O. The van der Waals surface area contributed by atoms with E-state index in [1.807, 2.05) is 11.9 Å². The molecule has 1 N–H and O–H groups in total. The molecule has 2 heterocycles. The summed E-state index contributed by atoms with van der Waals surface area (Å²) in [6.45, 7) is 2.26. The van der Waals surface area contributed by atoms with Gasteiger partial charge in [-0.25, -0.2) is 4.68 Å². The van der Waals surface area contributed by atoms with Gasteiger partial charge in [-0.05, 0) is 57.0 Å². The number of carbonyl (C=O) groups excluding carboxylic acids is 1. The van der Waals surface area contributed by atoms with Crippen molar-refractivity contribution in [2.75, 3.05) is 26.7 Å². The molecule has 9 heteroatoms. The molecule has 1 amide bonds. The minimum atomic E-state index is -4.42. The van der Waals surface area contributed by atoms with Gasteiger partial charge in [-0.15, -0.1) is 12.4 Å². The van der Waals surface area contributed by atoms with E-state index in [1.165, 1.54) is 16.9 Å². The maximum atomic E-state index is 13.1. The number of likely N-dealkylation sites (tertiary alicyclic amines) is 1. The van der Waals surface area contributed by atoms with Crippen LogP contribution in [0.5, 0.6) is 0 Å². The summed E-state index contributed by atoms with van der Waals surface area (Å²) < 4.78 is 40.8. The molecule has 1 aliphatic heterocycles. The van der Waals surface area contributed by atoms with E-state index < -0.39 is 11.7 Å². The fraction of sp³-hybridized carbons (Fsp3) is 0.500. The van der Waals surface area contributed by atoms with E-state index in [-0.39, 0.29) is 24.2 Å². The fourth-order valence-electron chi connectivity index (χ4n) is 3.93. The number of nitrogens with one attached hydrogen (secondary N) is 1. The van der Waals surface area contributed by atoms with E-state index in [1.54, 1.807) is 6.07 Å². The van der Waals surface area contributed by atoms with Gasteiger partial charge in [0.2, 0.25) is 0 Å². The van der Waals surface area contributed by atoms with Crippen molar-refractivity contribution in [2.24, 2.45) is 5.92 Å². The predicted octanol–water partition coefficient (Wildman–Crippen LogP) is 3.87. The number of aromatic nitrogens is 2. The monoisotopic (exact) mass is 428 g/mol. The lowest BCUT2D eigenvalue weighted by molar-refractivity contribution is -0.137. The van der Waals surface area contributed by atoms with Crippen molar-refractivity contribution >= 4 is 18.3 Å². The molecule has 1 saturated heterocycles. The van der Waals surface area contributed by atoms with Crippen molar-refractivity contribution in [3.05, 3.63) is 47.3 Å². The van der Waals surface area contributed by atoms with E-state index in [0.29, 0.717) is 30.3 Å². The Morgan fingerprint density at radius 3 is 2.69 bits per heavy atom. The van der Waals surface area contributed by atoms with Crippen LogP contribution < -0.4 is 5.32 Å². The largest absolute Gasteiger partial charge is 0.416 e. The van der Waals surface area contributed by atoms with E-state index >= 15 is 0 Å². The fourth-order valence-corrected chi connectivity index (χ4v) is 3.93. The molecule has 1 unspecified atom stereocenters. The Balaban J connectivity index is 0.00000240. The lowest BCUT2D eigenvalue weighted by Crippen LogP contribution is -2.30. The number of benzene rings is 1. The normalized spacial score (nSPS) is 19.3. The SMILES string of the molecule is CNCC1CCN(C(=O)c2cnn(-c3cccc(C(F)(F)F)c3)c2C2CC2)C1.Cl. The van der Waals surface area contributed by atoms with Gasteiger partial charge in [0.25, 0.3) is 5.91 Å². The zero-order valence-electron chi connectivity index (χ0n) is 16.1. The summed E-state index contributed by atoms with van der Waals surface area (Å²) in [6, 6.07) is 5.11. The van der Waals surface area contributed by atoms with Crippen LogP contribution >= 0.6 is 12.4 Å². The Kier molecular flexibility index (Phi) is 6.24. The van der Waals surface area contributed by atoms with Gasteiger partial charge < -0.3 is 10.2 Å². The van der Waals surface area contributed by atoms with Gasteiger partial charge in [-0.2, -0.15) is 18.3 Å². The molecule has 0 spiro atoms. The third kappa shape index (κ3) is 4.43. The van der Waals surface area contributed by atoms with Gasteiger partial charge >= 0.3 is 6.18 Å². The molecule has 5 nitrogen and oxygen atoms in total. The molecular weight excluding hydrogens is 405 g/mol. The predicted molar refractivity (Wildman–Crippen MR) is 106 cm³/mol. The molecule has 1 atom stereocenters. The smallest absolute Gasteiger partial charge is 0.338 e. The molecule has 0 radical (unpaired) electrons. The average molecular weight is 429 g/mol. The highest BCUT2D eigenvalue weighted by atomic mass is 35.5. The second-order valence-electron chi connectivity index (χ2n) is 7.64. The van der Waals surface area contributed by atoms with Crippen LogP contribution in [0.15, 0.2) is 30.5 Å². The molecule has 1 aromatic carbocycles. The number of halogens is 4. The summed E-state index contributed by atoms with van der Waals surface area (Å²) in [5.41, 5.74) is 0.876. The van der Waals surface area contributed by atoms with Gasteiger partial charge in [0.05, 0.1) is 28.7 Å². The van der Waals surface area contributed by atoms with Gasteiger partial charge in [0.15, 0.2) is 0 Å². The molecule has 1 saturated carbocycles. The number of nitrogens with zero attached hydrogens (tertiary/aromatic N) is 3. The van der Waals surface area contributed by atoms with Crippen LogP contribution in [0, 0.1) is 5.92 Å². The Morgan fingerprint density at radius 2 is 2.03 bits per heavy atom. The highest BCUT2D eigenvalue weighted by molar-refractivity contribution is 5.95. The minimum Gasteiger partial charge on any atom is -0.338 e. The number of hydrogen-bond acceptors (Lipinski definition) is 3. The van der Waals surface area contributed by atoms with E-state index in [2.05, 4.69) is 10.4 Å². The van der Waals surface area contributed by atoms with Crippen LogP contribution in [0.3, 0.4) is 0 Å². The van der Waals surface area contributed by atoms with Crippen LogP contribution in [0.2, 0.25) is 0 Å². The van der Waals surface area contributed by atoms with Crippen LogP contribution in [-0.4, -0.2) is 47.3 Å². The second-order valence-corrected chi connectivity index (χ2v) is 7.64. The Bertz CT molecular complexity index is 879. The van der Waals surface area contributed by atoms with E-state index in [9.17, 15) is 18.0 Å². The molecule has 2 aromatic rings. The van der Waals surface area contributed by atoms with Gasteiger partial charge in [-0.1, -0.05) is 6.07 Å². The van der Waals surface area contributed by atoms with Crippen LogP contribution in [0.25, 0.3) is 5.69 Å². The van der Waals surface area contributed by atoms with Crippen molar-refractivity contribution < 1.29 is 18.0 Å². The lowest BCUT2D eigenvalue weighted by Gasteiger charge is -2.17. The standard InChI is InChI=1S/C20H23F3N4O.ClH/c1-24-10-13-7-8-26(12-13)19(28)17-11-25-27(18(17)14-5-6-14)16-4-2-3-15(9-16)20(21,22)23;/h2-4,9,11,13-14,24H,5-8,10,12H2,1H3;1H. The number of rotatable bonds is 5. The highest BCUT2D eigenvalue weighted by Gasteiger charge is 2.36. The van der Waals surface area contributed by atoms with Gasteiger partial charge in [0, 0.05) is 19.0 Å². The van der Waals surface area contributed by atoms with E-state index in [4.69, 9.17) is 0 Å². The number of alkyl halides is 3. The summed E-state index contributed by atoms with van der Waals surface area (Å²) >= 11 is 0. The van der Waals surface area contributed by atoms with Crippen molar-refractivity contribution in [3.63, 3.8) is 0 Å². The van der Waals surface area contributed by atoms with Gasteiger partial charge in [0.1, 0.15) is 0 Å². The van der Waals surface area contributed by atoms with Crippen molar-refractivity contribution in [1.29, 1.82) is 0 Å². The quantitative estimate of drug-likeness (QED) is 0.786. The lowest BCUT2D eigenvalue weighted by atomic mass is 10.1. The van der Waals surface area contributed by atoms with Crippen LogP contribution in [0.1, 0.15) is 46.8 Å². The maximum Gasteiger partial charge on any atom is 0.416 e. The number of carbonyl (C=O) groups is 1. The van der Waals surface area contributed by atoms with Crippen LogP contribution in [0.4, 0.5) is 13.2 Å². The molecule has 1 aromatic heterocycles. The first-order valence-corrected chi connectivity index (χ1v) is 9.58. The zero-order valence-corrected chi connectivity index (χ0v) is 16.9. The molecule has 0 bridgehead atoms. The topological polar surface area (TPSA) is 50.2 Å². The third-order valence-corrected chi connectivity index (χ3v) is 5.48.